The van der Waals surface area contributed by atoms with Gasteiger partial charge in [-0.25, -0.2) is 0 Å². The Labute approximate surface area is 155 Å². The number of quaternary nitrogens is 1. The maximum absolute atomic E-state index is 12.9. The highest BCUT2D eigenvalue weighted by atomic mass is 35.5. The quantitative estimate of drug-likeness (QED) is 0.654. The van der Waals surface area contributed by atoms with E-state index in [-0.39, 0.29) is 17.5 Å². The smallest absolute Gasteiger partial charge is 0.283 e. The summed E-state index contributed by atoms with van der Waals surface area (Å²) in [6.07, 6.45) is 1.63. The maximum Gasteiger partial charge on any atom is 0.283 e. The molecule has 0 bridgehead atoms. The Morgan fingerprint density at radius 3 is 2.80 bits per heavy atom. The van der Waals surface area contributed by atoms with Crippen LogP contribution in [-0.2, 0) is 11.8 Å². The molecule has 0 saturated carbocycles. The molecule has 0 radical (unpaired) electrons. The second-order valence-corrected chi connectivity index (χ2v) is 6.80. The van der Waals surface area contributed by atoms with E-state index in [4.69, 9.17) is 23.2 Å². The van der Waals surface area contributed by atoms with E-state index in [0.29, 0.717) is 33.7 Å². The van der Waals surface area contributed by atoms with E-state index in [9.17, 15) is 10.0 Å². The molecule has 2 aromatic rings. The molecule has 0 saturated heterocycles. The van der Waals surface area contributed by atoms with Crippen LogP contribution in [0.15, 0.2) is 30.9 Å². The average molecular weight is 381 g/mol. The van der Waals surface area contributed by atoms with E-state index in [1.54, 1.807) is 40.9 Å². The van der Waals surface area contributed by atoms with Gasteiger partial charge in [0.15, 0.2) is 6.54 Å². The first-order valence-corrected chi connectivity index (χ1v) is 8.53. The number of hydrogen-bond acceptors (Lipinski definition) is 3. The van der Waals surface area contributed by atoms with Gasteiger partial charge in [0.25, 0.3) is 5.91 Å². The number of aromatic nitrogens is 2. The Hall–Kier alpha value is -1.86. The Kier molecular flexibility index (Phi) is 4.88. The van der Waals surface area contributed by atoms with Crippen LogP contribution in [0.4, 0.5) is 5.82 Å². The molecular formula is C17H18Cl2N4O2. The van der Waals surface area contributed by atoms with Crippen molar-refractivity contribution in [2.45, 2.75) is 13.0 Å². The number of benzene rings is 1. The predicted molar refractivity (Wildman–Crippen MR) is 98.0 cm³/mol. The number of amides is 1. The van der Waals surface area contributed by atoms with Crippen LogP contribution in [0.2, 0.25) is 10.0 Å². The zero-order chi connectivity index (χ0) is 18.3. The zero-order valence-electron chi connectivity index (χ0n) is 13.9. The van der Waals surface area contributed by atoms with Crippen molar-refractivity contribution in [3.8, 4) is 0 Å². The minimum Gasteiger partial charge on any atom is -0.633 e. The number of fused-ring (bicyclic) bond motifs is 1. The molecule has 6 nitrogen and oxygen atoms in total. The van der Waals surface area contributed by atoms with E-state index in [1.807, 2.05) is 6.92 Å². The van der Waals surface area contributed by atoms with Crippen molar-refractivity contribution >= 4 is 34.9 Å². The van der Waals surface area contributed by atoms with Crippen molar-refractivity contribution in [3.63, 3.8) is 0 Å². The highest BCUT2D eigenvalue weighted by molar-refractivity contribution is 6.42. The molecule has 1 amide bonds. The van der Waals surface area contributed by atoms with Gasteiger partial charge in [-0.3, -0.25) is 14.4 Å². The summed E-state index contributed by atoms with van der Waals surface area (Å²) >= 11 is 12.2. The molecule has 1 aliphatic heterocycles. The summed E-state index contributed by atoms with van der Waals surface area (Å²) < 4.78 is 1.63. The molecule has 1 aromatic heterocycles. The third kappa shape index (κ3) is 3.06. The first-order valence-electron chi connectivity index (χ1n) is 7.77. The second-order valence-electron chi connectivity index (χ2n) is 5.99. The van der Waals surface area contributed by atoms with Crippen molar-refractivity contribution in [1.82, 2.24) is 9.78 Å². The van der Waals surface area contributed by atoms with Crippen LogP contribution in [0, 0.1) is 12.1 Å². The fourth-order valence-corrected chi connectivity index (χ4v) is 3.61. The number of rotatable bonds is 3. The van der Waals surface area contributed by atoms with Gasteiger partial charge in [0.2, 0.25) is 0 Å². The van der Waals surface area contributed by atoms with Crippen LogP contribution in [0.1, 0.15) is 22.9 Å². The normalized spacial score (nSPS) is 20.4. The van der Waals surface area contributed by atoms with E-state index in [0.717, 1.165) is 5.56 Å². The molecule has 1 N–H and O–H groups in total. The Balaban J connectivity index is 2.24. The Morgan fingerprint density at radius 2 is 2.16 bits per heavy atom. The summed E-state index contributed by atoms with van der Waals surface area (Å²) in [6, 6.07) is 4.49. The van der Waals surface area contributed by atoms with Crippen molar-refractivity contribution in [1.29, 1.82) is 0 Å². The molecule has 8 heteroatoms. The SMILES string of the molecule is C=CCN1C(=O)C[NH+]([O-])C(c2ccc(Cl)c(Cl)c2)c2c(C)nn(C)c21. The third-order valence-electron chi connectivity index (χ3n) is 4.32. The van der Waals surface area contributed by atoms with E-state index in [1.165, 1.54) is 0 Å². The van der Waals surface area contributed by atoms with Crippen molar-refractivity contribution in [2.75, 3.05) is 18.0 Å². The standard InChI is InChI=1S/C17H18Cl2N4O2/c1-4-7-22-14(24)9-23(25)16(11-5-6-12(18)13(19)8-11)15-10(2)20-21(3)17(15)22/h4-6,8,16,23H,1,7,9H2,2-3H3. The van der Waals surface area contributed by atoms with Gasteiger partial charge in [-0.1, -0.05) is 35.3 Å². The highest BCUT2D eigenvalue weighted by Crippen LogP contribution is 2.35. The average Bonchev–Trinajstić information content (AvgIpc) is 2.76. The van der Waals surface area contributed by atoms with E-state index >= 15 is 0 Å². The maximum atomic E-state index is 12.9. The summed E-state index contributed by atoms with van der Waals surface area (Å²) in [4.78, 5) is 14.2. The molecule has 3 rings (SSSR count). The minimum absolute atomic E-state index is 0.188. The van der Waals surface area contributed by atoms with Crippen molar-refractivity contribution < 1.29 is 9.86 Å². The number of nitrogens with one attached hydrogen (secondary N) is 1. The van der Waals surface area contributed by atoms with Crippen LogP contribution in [-0.4, -0.2) is 28.8 Å². The monoisotopic (exact) mass is 380 g/mol. The second kappa shape index (κ2) is 6.80. The van der Waals surface area contributed by atoms with Crippen molar-refractivity contribution in [2.24, 2.45) is 7.05 Å². The van der Waals surface area contributed by atoms with E-state index < -0.39 is 6.04 Å². The minimum atomic E-state index is -0.614. The van der Waals surface area contributed by atoms with Crippen LogP contribution < -0.4 is 9.96 Å². The number of carbonyl (C=O) groups excluding carboxylic acids is 1. The number of hydroxylamine groups is 2. The molecule has 1 aromatic carbocycles. The molecule has 0 aliphatic carbocycles. The summed E-state index contributed by atoms with van der Waals surface area (Å²) in [5.74, 6) is 0.348. The first-order chi connectivity index (χ1) is 11.8. The van der Waals surface area contributed by atoms with Crippen LogP contribution in [0.5, 0.6) is 0 Å². The predicted octanol–water partition coefficient (Wildman–Crippen LogP) is 2.04. The van der Waals surface area contributed by atoms with Gasteiger partial charge in [0.1, 0.15) is 11.9 Å². The number of anilines is 1. The van der Waals surface area contributed by atoms with Crippen LogP contribution in [0.25, 0.3) is 0 Å². The molecule has 132 valence electrons. The molecule has 0 spiro atoms. The molecule has 2 heterocycles. The molecule has 25 heavy (non-hydrogen) atoms. The lowest BCUT2D eigenvalue weighted by Gasteiger charge is -2.29. The molecular weight excluding hydrogens is 363 g/mol. The fraction of sp³-hybridized carbons (Fsp3) is 0.294. The van der Waals surface area contributed by atoms with Crippen LogP contribution >= 0.6 is 23.2 Å². The largest absolute Gasteiger partial charge is 0.633 e. The summed E-state index contributed by atoms with van der Waals surface area (Å²) in [5, 5.41) is 17.9. The lowest BCUT2D eigenvalue weighted by atomic mass is 9.98. The molecule has 1 aliphatic rings. The van der Waals surface area contributed by atoms with Gasteiger partial charge in [-0.2, -0.15) is 5.10 Å². The van der Waals surface area contributed by atoms with Gasteiger partial charge in [-0.05, 0) is 19.1 Å². The molecule has 0 fully saturated rings. The lowest BCUT2D eigenvalue weighted by molar-refractivity contribution is -0.866. The van der Waals surface area contributed by atoms with Gasteiger partial charge in [0, 0.05) is 19.2 Å². The number of nitrogens with zero attached hydrogens (tertiary/aromatic N) is 3. The van der Waals surface area contributed by atoms with Crippen molar-refractivity contribution in [3.05, 3.63) is 62.9 Å². The molecule has 2 unspecified atom stereocenters. The topological polar surface area (TPSA) is 65.6 Å². The first kappa shape index (κ1) is 17.9. The third-order valence-corrected chi connectivity index (χ3v) is 5.06. The zero-order valence-corrected chi connectivity index (χ0v) is 15.4. The summed E-state index contributed by atoms with van der Waals surface area (Å²) in [7, 11) is 1.76. The molecule has 2 atom stereocenters. The summed E-state index contributed by atoms with van der Waals surface area (Å²) in [5.41, 5.74) is 2.12. The van der Waals surface area contributed by atoms with Gasteiger partial charge >= 0.3 is 0 Å². The van der Waals surface area contributed by atoms with Crippen LogP contribution in [0.3, 0.4) is 0 Å². The van der Waals surface area contributed by atoms with Gasteiger partial charge < -0.3 is 10.3 Å². The van der Waals surface area contributed by atoms with E-state index in [2.05, 4.69) is 11.7 Å². The van der Waals surface area contributed by atoms with Gasteiger partial charge in [-0.15, -0.1) is 6.58 Å². The lowest BCUT2D eigenvalue weighted by Crippen LogP contribution is -3.08. The fourth-order valence-electron chi connectivity index (χ4n) is 3.31. The van der Waals surface area contributed by atoms with Gasteiger partial charge in [0.05, 0.1) is 21.3 Å². The highest BCUT2D eigenvalue weighted by Gasteiger charge is 2.38. The number of aryl methyl sites for hydroxylation is 2. The number of hydrogen-bond donors (Lipinski definition) is 1. The Bertz CT molecular complexity index is 849. The number of halogens is 2. The number of carbonyl (C=O) groups is 1. The summed E-state index contributed by atoms with van der Waals surface area (Å²) in [6.45, 7) is 5.66. The Morgan fingerprint density at radius 1 is 1.44 bits per heavy atom.